The van der Waals surface area contributed by atoms with Gasteiger partial charge in [-0.2, -0.15) is 0 Å². The number of anilines is 2. The number of hydrogen-bond acceptors (Lipinski definition) is 5. The van der Waals surface area contributed by atoms with Crippen LogP contribution in [0.1, 0.15) is 11.3 Å². The van der Waals surface area contributed by atoms with Gasteiger partial charge in [0.1, 0.15) is 29.4 Å². The molecule has 0 aliphatic carbocycles. The normalized spacial score (nSPS) is 16.9. The van der Waals surface area contributed by atoms with Crippen molar-refractivity contribution < 1.29 is 27.1 Å². The Bertz CT molecular complexity index is 1850. The highest BCUT2D eigenvalue weighted by molar-refractivity contribution is 9.10. The lowest BCUT2D eigenvalue weighted by Gasteiger charge is -2.36. The lowest BCUT2D eigenvalue weighted by atomic mass is 10.1. The Morgan fingerprint density at radius 1 is 0.935 bits per heavy atom. The van der Waals surface area contributed by atoms with Crippen molar-refractivity contribution in [3.05, 3.63) is 110 Å². The summed E-state index contributed by atoms with van der Waals surface area (Å²) in [7, 11) is 0. The molecular weight excluding hydrogens is 670 g/mol. The molecule has 2 aliphatic heterocycles. The van der Waals surface area contributed by atoms with Gasteiger partial charge in [-0.1, -0.05) is 5.11 Å². The predicted molar refractivity (Wildman–Crippen MR) is 169 cm³/mol. The minimum absolute atomic E-state index is 0.000619. The lowest BCUT2D eigenvalue weighted by Crippen LogP contribution is -2.46. The van der Waals surface area contributed by atoms with Crippen LogP contribution in [-0.2, 0) is 11.3 Å². The number of cyclic esters (lactones) is 1. The van der Waals surface area contributed by atoms with Crippen molar-refractivity contribution in [2.24, 2.45) is 5.11 Å². The molecule has 2 aliphatic rings. The van der Waals surface area contributed by atoms with Gasteiger partial charge in [-0.3, -0.25) is 9.80 Å². The zero-order valence-corrected chi connectivity index (χ0v) is 26.2. The molecule has 6 rings (SSSR count). The second-order valence-electron chi connectivity index (χ2n) is 11.1. The first-order chi connectivity index (χ1) is 22.1. The third kappa shape index (κ3) is 6.28. The Morgan fingerprint density at radius 2 is 1.67 bits per heavy atom. The largest absolute Gasteiger partial charge is 0.444 e. The van der Waals surface area contributed by atoms with Crippen molar-refractivity contribution in [2.45, 2.75) is 19.6 Å². The van der Waals surface area contributed by atoms with E-state index in [9.17, 15) is 13.6 Å². The van der Waals surface area contributed by atoms with Crippen LogP contribution in [0.5, 0.6) is 0 Å². The molecule has 2 fully saturated rings. The fraction of sp³-hybridized carbons (Fsp3) is 0.281. The van der Waals surface area contributed by atoms with Gasteiger partial charge in [-0.25, -0.2) is 22.4 Å². The number of rotatable bonds is 8. The molecule has 14 heteroatoms. The molecule has 1 atom stereocenters. The topological polar surface area (TPSA) is 89.7 Å². The minimum Gasteiger partial charge on any atom is -0.444 e. The highest BCUT2D eigenvalue weighted by Gasteiger charge is 2.33. The monoisotopic (exact) mass is 697 g/mol. The van der Waals surface area contributed by atoms with E-state index < -0.39 is 35.5 Å². The molecule has 3 aromatic carbocycles. The summed E-state index contributed by atoms with van der Waals surface area (Å²) in [6.45, 7) is 4.81. The first kappa shape index (κ1) is 31.5. The summed E-state index contributed by atoms with van der Waals surface area (Å²) in [5.41, 5.74) is 12.1. The number of azide groups is 1. The smallest absolute Gasteiger partial charge is 0.414 e. The molecule has 0 spiro atoms. The first-order valence-electron chi connectivity index (χ1n) is 14.5. The lowest BCUT2D eigenvalue weighted by molar-refractivity contribution is 0.145. The van der Waals surface area contributed by atoms with Crippen molar-refractivity contribution in [3.63, 3.8) is 0 Å². The summed E-state index contributed by atoms with van der Waals surface area (Å²) in [6, 6.07) is 14.1. The molecule has 3 heterocycles. The third-order valence-electron chi connectivity index (χ3n) is 8.28. The van der Waals surface area contributed by atoms with Crippen LogP contribution in [0, 0.1) is 30.2 Å². The summed E-state index contributed by atoms with van der Waals surface area (Å²) in [5, 5.41) is 3.44. The van der Waals surface area contributed by atoms with E-state index >= 15 is 8.78 Å². The Balaban J connectivity index is 1.19. The van der Waals surface area contributed by atoms with E-state index in [1.165, 1.54) is 35.2 Å². The molecule has 0 bridgehead atoms. The third-order valence-corrected chi connectivity index (χ3v) is 8.95. The van der Waals surface area contributed by atoms with Crippen molar-refractivity contribution in [2.75, 3.05) is 49.1 Å². The van der Waals surface area contributed by atoms with Gasteiger partial charge in [0, 0.05) is 59.4 Å². The van der Waals surface area contributed by atoms with Gasteiger partial charge < -0.3 is 14.2 Å². The molecule has 0 N–H and O–H groups in total. The maximum absolute atomic E-state index is 15.3. The first-order valence-corrected chi connectivity index (χ1v) is 15.3. The predicted octanol–water partition coefficient (Wildman–Crippen LogP) is 7.73. The van der Waals surface area contributed by atoms with Crippen LogP contribution in [0.25, 0.3) is 27.4 Å². The van der Waals surface area contributed by atoms with Crippen molar-refractivity contribution in [3.8, 4) is 16.9 Å². The van der Waals surface area contributed by atoms with E-state index in [0.29, 0.717) is 60.0 Å². The number of carbonyl (C=O) groups excluding carboxylic acids is 1. The van der Waals surface area contributed by atoms with Crippen LogP contribution in [0.15, 0.2) is 70.3 Å². The molecule has 46 heavy (non-hydrogen) atoms. The quantitative estimate of drug-likeness (QED) is 0.0816. The summed E-state index contributed by atoms with van der Waals surface area (Å²) < 4.78 is 66.0. The van der Waals surface area contributed by atoms with Gasteiger partial charge in [0.15, 0.2) is 0 Å². The van der Waals surface area contributed by atoms with E-state index in [2.05, 4.69) is 30.9 Å². The van der Waals surface area contributed by atoms with Crippen LogP contribution < -0.4 is 9.80 Å². The molecule has 238 valence electrons. The number of halogens is 5. The Kier molecular flexibility index (Phi) is 8.94. The zero-order chi connectivity index (χ0) is 32.5. The van der Waals surface area contributed by atoms with Crippen LogP contribution in [0.2, 0.25) is 0 Å². The SMILES string of the molecule is Cc1c(CN2CCN(c3ccc(N4C[C@H](CN=[N+]=[N-])OC4=O)cc3F)CC2)cc(-c2ccc(F)cc2F)n1-c1cc(F)ccc1Br. The summed E-state index contributed by atoms with van der Waals surface area (Å²) in [5.74, 6) is -2.35. The highest BCUT2D eigenvalue weighted by Crippen LogP contribution is 2.35. The Morgan fingerprint density at radius 3 is 2.39 bits per heavy atom. The van der Waals surface area contributed by atoms with Crippen molar-refractivity contribution >= 4 is 33.4 Å². The summed E-state index contributed by atoms with van der Waals surface area (Å²) in [4.78, 5) is 20.4. The molecule has 2 saturated heterocycles. The van der Waals surface area contributed by atoms with E-state index in [1.807, 2.05) is 17.9 Å². The second kappa shape index (κ2) is 13.1. The fourth-order valence-electron chi connectivity index (χ4n) is 5.94. The van der Waals surface area contributed by atoms with E-state index in [-0.39, 0.29) is 18.7 Å². The summed E-state index contributed by atoms with van der Waals surface area (Å²) >= 11 is 3.49. The maximum atomic E-state index is 15.3. The zero-order valence-electron chi connectivity index (χ0n) is 24.6. The molecule has 1 aromatic heterocycles. The van der Waals surface area contributed by atoms with Gasteiger partial charge in [0.2, 0.25) is 0 Å². The van der Waals surface area contributed by atoms with E-state index in [0.717, 1.165) is 17.3 Å². The standard InChI is InChI=1S/C32H28BrF4N7O2/c1-19-20(12-30(25-5-2-21(34)13-27(25)36)44(19)31-14-22(35)3-6-26(31)33)17-41-8-10-42(11-9-41)29-7-4-23(15-28(29)37)43-18-24(16-39-40-38)46-32(43)45/h2-7,12-15,24H,8-11,16-18H2,1H3/t24-/m0/s1. The number of nitrogens with zero attached hydrogens (tertiary/aromatic N) is 7. The number of amides is 1. The number of hydrogen-bond donors (Lipinski definition) is 0. The Labute approximate surface area is 270 Å². The minimum atomic E-state index is -0.728. The average molecular weight is 699 g/mol. The Hall–Kier alpha value is -4.52. The molecule has 0 unspecified atom stereocenters. The second-order valence-corrected chi connectivity index (χ2v) is 12.0. The molecule has 9 nitrogen and oxygen atoms in total. The van der Waals surface area contributed by atoms with Gasteiger partial charge in [0.25, 0.3) is 0 Å². The van der Waals surface area contributed by atoms with Crippen molar-refractivity contribution in [1.82, 2.24) is 9.47 Å². The van der Waals surface area contributed by atoms with Crippen LogP contribution in [0.3, 0.4) is 0 Å². The number of aromatic nitrogens is 1. The van der Waals surface area contributed by atoms with Crippen LogP contribution in [0.4, 0.5) is 33.7 Å². The van der Waals surface area contributed by atoms with Gasteiger partial charge >= 0.3 is 6.09 Å². The maximum Gasteiger partial charge on any atom is 0.414 e. The van der Waals surface area contributed by atoms with E-state index in [4.69, 9.17) is 10.3 Å². The van der Waals surface area contributed by atoms with Gasteiger partial charge in [0.05, 0.1) is 35.8 Å². The number of ether oxygens (including phenoxy) is 1. The average Bonchev–Trinajstić information content (AvgIpc) is 3.56. The number of carbonyl (C=O) groups is 1. The van der Waals surface area contributed by atoms with Crippen LogP contribution >= 0.6 is 15.9 Å². The molecule has 0 saturated carbocycles. The highest BCUT2D eigenvalue weighted by atomic mass is 79.9. The van der Waals surface area contributed by atoms with E-state index in [1.54, 1.807) is 22.8 Å². The summed E-state index contributed by atoms with van der Waals surface area (Å²) in [6.07, 6.45) is -1.22. The van der Waals surface area contributed by atoms with Gasteiger partial charge in [-0.15, -0.1) is 0 Å². The van der Waals surface area contributed by atoms with Crippen LogP contribution in [-0.4, -0.2) is 60.9 Å². The fourth-order valence-corrected chi connectivity index (χ4v) is 6.37. The number of benzene rings is 3. The van der Waals surface area contributed by atoms with Gasteiger partial charge in [-0.05, 0) is 88.5 Å². The van der Waals surface area contributed by atoms with Crippen molar-refractivity contribution in [1.29, 1.82) is 0 Å². The molecular formula is C32H28BrF4N7O2. The molecule has 4 aromatic rings. The number of piperazine rings is 1. The molecule has 1 amide bonds. The molecule has 0 radical (unpaired) electrons.